The maximum absolute atomic E-state index is 11.9. The Hall–Kier alpha value is -1.79. The number of benzene rings is 1. The van der Waals surface area contributed by atoms with E-state index in [0.717, 1.165) is 43.1 Å². The molecule has 6 heteroatoms. The molecule has 1 aromatic carbocycles. The summed E-state index contributed by atoms with van der Waals surface area (Å²) in [5.41, 5.74) is 14.6. The molecule has 1 aliphatic rings. The van der Waals surface area contributed by atoms with Crippen LogP contribution in [-0.2, 0) is 4.79 Å². The quantitative estimate of drug-likeness (QED) is 0.531. The van der Waals surface area contributed by atoms with Gasteiger partial charge in [-0.05, 0) is 31.7 Å². The topological polar surface area (TPSA) is 73.6 Å². The van der Waals surface area contributed by atoms with Gasteiger partial charge in [-0.2, -0.15) is 0 Å². The van der Waals surface area contributed by atoms with E-state index in [4.69, 9.17) is 5.73 Å². The fourth-order valence-electron chi connectivity index (χ4n) is 2.31. The van der Waals surface area contributed by atoms with E-state index in [1.54, 1.807) is 7.05 Å². The number of carbonyl (C=O) groups excluding carboxylic acids is 1. The van der Waals surface area contributed by atoms with E-state index in [1.165, 1.54) is 0 Å². The number of nitrogens with one attached hydrogen (secondary N) is 2. The molecule has 0 spiro atoms. The Bertz CT molecular complexity index is 469. The molecule has 110 valence electrons. The molecule has 0 unspecified atom stereocenters. The molecule has 1 aromatic rings. The fourth-order valence-corrected chi connectivity index (χ4v) is 2.31. The van der Waals surface area contributed by atoms with E-state index in [9.17, 15) is 4.79 Å². The summed E-state index contributed by atoms with van der Waals surface area (Å²) < 4.78 is 0. The normalized spacial score (nSPS) is 15.5. The summed E-state index contributed by atoms with van der Waals surface area (Å²) in [5.74, 6) is 0.127. The van der Waals surface area contributed by atoms with E-state index < -0.39 is 0 Å². The van der Waals surface area contributed by atoms with E-state index in [0.29, 0.717) is 6.54 Å². The molecule has 1 heterocycles. The number of nitrogens with zero attached hydrogens (tertiary/aromatic N) is 2. The number of carbonyl (C=O) groups is 1. The van der Waals surface area contributed by atoms with Crippen molar-refractivity contribution < 1.29 is 4.79 Å². The molecule has 1 fully saturated rings. The largest absolute Gasteiger partial charge is 0.398 e. The first kappa shape index (κ1) is 14.6. The Morgan fingerprint density at radius 2 is 2.00 bits per heavy atom. The number of hydrazine groups is 1. The number of nitrogens with two attached hydrogens (primary N) is 1. The predicted molar refractivity (Wildman–Crippen MR) is 81.4 cm³/mol. The second kappa shape index (κ2) is 6.58. The minimum Gasteiger partial charge on any atom is -0.398 e. The Balaban J connectivity index is 1.90. The molecular formula is C14H23N5O. The van der Waals surface area contributed by atoms with Crippen LogP contribution in [0.15, 0.2) is 18.2 Å². The maximum Gasteiger partial charge on any atom is 0.238 e. The zero-order valence-corrected chi connectivity index (χ0v) is 12.1. The summed E-state index contributed by atoms with van der Waals surface area (Å²) in [6, 6.07) is 6.14. The third-order valence-electron chi connectivity index (χ3n) is 3.68. The SMILES string of the molecule is CNNCC(=O)N1CCN(c2ccc(C)c(N)c2)CC1. The zero-order valence-electron chi connectivity index (χ0n) is 12.1. The van der Waals surface area contributed by atoms with Crippen molar-refractivity contribution in [3.8, 4) is 0 Å². The summed E-state index contributed by atoms with van der Waals surface area (Å²) >= 11 is 0. The van der Waals surface area contributed by atoms with Crippen LogP contribution in [0.1, 0.15) is 5.56 Å². The summed E-state index contributed by atoms with van der Waals surface area (Å²) in [5, 5.41) is 0. The highest BCUT2D eigenvalue weighted by atomic mass is 16.2. The van der Waals surface area contributed by atoms with Gasteiger partial charge in [-0.1, -0.05) is 6.07 Å². The Kier molecular flexibility index (Phi) is 4.81. The molecule has 1 aliphatic heterocycles. The van der Waals surface area contributed by atoms with Gasteiger partial charge in [0, 0.05) is 37.6 Å². The highest BCUT2D eigenvalue weighted by Gasteiger charge is 2.20. The Morgan fingerprint density at radius 3 is 2.60 bits per heavy atom. The number of aryl methyl sites for hydroxylation is 1. The molecule has 20 heavy (non-hydrogen) atoms. The lowest BCUT2D eigenvalue weighted by molar-refractivity contribution is -0.130. The molecule has 0 aliphatic carbocycles. The van der Waals surface area contributed by atoms with Crippen LogP contribution in [0.4, 0.5) is 11.4 Å². The van der Waals surface area contributed by atoms with Gasteiger partial charge >= 0.3 is 0 Å². The van der Waals surface area contributed by atoms with Crippen LogP contribution in [0.3, 0.4) is 0 Å². The molecule has 1 saturated heterocycles. The van der Waals surface area contributed by atoms with Crippen LogP contribution in [0.5, 0.6) is 0 Å². The van der Waals surface area contributed by atoms with Gasteiger partial charge in [0.2, 0.25) is 5.91 Å². The highest BCUT2D eigenvalue weighted by molar-refractivity contribution is 5.78. The average molecular weight is 277 g/mol. The summed E-state index contributed by atoms with van der Waals surface area (Å²) in [7, 11) is 1.76. The average Bonchev–Trinajstić information content (AvgIpc) is 2.48. The predicted octanol–water partition coefficient (Wildman–Crippen LogP) is -0.0502. The molecule has 1 amide bonds. The standard InChI is InChI=1S/C14H23N5O/c1-11-3-4-12(9-13(11)15)18-5-7-19(8-6-18)14(20)10-17-16-2/h3-4,9,16-17H,5-8,10,15H2,1-2H3. The first-order chi connectivity index (χ1) is 9.61. The van der Waals surface area contributed by atoms with Crippen molar-refractivity contribution >= 4 is 17.3 Å². The van der Waals surface area contributed by atoms with E-state index in [1.807, 2.05) is 24.0 Å². The molecule has 0 aromatic heterocycles. The maximum atomic E-state index is 11.9. The molecule has 0 saturated carbocycles. The molecular weight excluding hydrogens is 254 g/mol. The minimum atomic E-state index is 0.127. The number of anilines is 2. The Morgan fingerprint density at radius 1 is 1.30 bits per heavy atom. The van der Waals surface area contributed by atoms with Crippen molar-refractivity contribution in [2.24, 2.45) is 0 Å². The number of nitrogen functional groups attached to an aromatic ring is 1. The van der Waals surface area contributed by atoms with Crippen LogP contribution >= 0.6 is 0 Å². The van der Waals surface area contributed by atoms with E-state index in [2.05, 4.69) is 21.8 Å². The van der Waals surface area contributed by atoms with Gasteiger partial charge in [-0.15, -0.1) is 0 Å². The number of amides is 1. The Labute approximate surface area is 119 Å². The third kappa shape index (κ3) is 3.40. The number of rotatable bonds is 4. The second-order valence-corrected chi connectivity index (χ2v) is 5.01. The van der Waals surface area contributed by atoms with Crippen LogP contribution in [0, 0.1) is 6.92 Å². The van der Waals surface area contributed by atoms with Crippen molar-refractivity contribution in [2.45, 2.75) is 6.92 Å². The molecule has 4 N–H and O–H groups in total. The van der Waals surface area contributed by atoms with Gasteiger partial charge < -0.3 is 15.5 Å². The second-order valence-electron chi connectivity index (χ2n) is 5.01. The molecule has 0 bridgehead atoms. The lowest BCUT2D eigenvalue weighted by Gasteiger charge is -2.36. The summed E-state index contributed by atoms with van der Waals surface area (Å²) in [4.78, 5) is 16.0. The summed E-state index contributed by atoms with van der Waals surface area (Å²) in [6.45, 7) is 5.51. The van der Waals surface area contributed by atoms with E-state index in [-0.39, 0.29) is 5.91 Å². The molecule has 6 nitrogen and oxygen atoms in total. The van der Waals surface area contributed by atoms with Gasteiger partial charge in [-0.3, -0.25) is 10.2 Å². The van der Waals surface area contributed by atoms with Gasteiger partial charge in [0.05, 0.1) is 6.54 Å². The number of hydrogen-bond donors (Lipinski definition) is 3. The van der Waals surface area contributed by atoms with Crippen molar-refractivity contribution in [1.82, 2.24) is 15.8 Å². The van der Waals surface area contributed by atoms with Crippen LogP contribution in [-0.4, -0.2) is 50.6 Å². The minimum absolute atomic E-state index is 0.127. The first-order valence-electron chi connectivity index (χ1n) is 6.90. The smallest absolute Gasteiger partial charge is 0.238 e. The number of hydrogen-bond acceptors (Lipinski definition) is 5. The fraction of sp³-hybridized carbons (Fsp3) is 0.500. The van der Waals surface area contributed by atoms with Crippen LogP contribution in [0.25, 0.3) is 0 Å². The molecule has 0 atom stereocenters. The third-order valence-corrected chi connectivity index (χ3v) is 3.68. The van der Waals surface area contributed by atoms with Gasteiger partial charge in [0.15, 0.2) is 0 Å². The van der Waals surface area contributed by atoms with Crippen LogP contribution < -0.4 is 21.5 Å². The van der Waals surface area contributed by atoms with Crippen molar-refractivity contribution in [2.75, 3.05) is 50.4 Å². The zero-order chi connectivity index (χ0) is 14.5. The van der Waals surface area contributed by atoms with Gasteiger partial charge in [0.1, 0.15) is 0 Å². The lowest BCUT2D eigenvalue weighted by atomic mass is 10.1. The van der Waals surface area contributed by atoms with E-state index >= 15 is 0 Å². The first-order valence-corrected chi connectivity index (χ1v) is 6.90. The molecule has 0 radical (unpaired) electrons. The summed E-state index contributed by atoms with van der Waals surface area (Å²) in [6.07, 6.45) is 0. The highest BCUT2D eigenvalue weighted by Crippen LogP contribution is 2.22. The van der Waals surface area contributed by atoms with Crippen molar-refractivity contribution in [3.63, 3.8) is 0 Å². The van der Waals surface area contributed by atoms with Gasteiger partial charge in [0.25, 0.3) is 0 Å². The number of piperazine rings is 1. The van der Waals surface area contributed by atoms with Gasteiger partial charge in [-0.25, -0.2) is 5.43 Å². The van der Waals surface area contributed by atoms with Crippen molar-refractivity contribution in [3.05, 3.63) is 23.8 Å². The molecule has 2 rings (SSSR count). The van der Waals surface area contributed by atoms with Crippen LogP contribution in [0.2, 0.25) is 0 Å². The van der Waals surface area contributed by atoms with Crippen molar-refractivity contribution in [1.29, 1.82) is 0 Å². The monoisotopic (exact) mass is 277 g/mol. The lowest BCUT2D eigenvalue weighted by Crippen LogP contribution is -2.51.